The Morgan fingerprint density at radius 2 is 1.67 bits per heavy atom. The number of hydrogen-bond donors (Lipinski definition) is 2. The number of hydrogen-bond acceptors (Lipinski definition) is 4. The van der Waals surface area contributed by atoms with Crippen LogP contribution in [0.3, 0.4) is 0 Å². The van der Waals surface area contributed by atoms with Gasteiger partial charge in [-0.25, -0.2) is 13.1 Å². The second-order valence-electron chi connectivity index (χ2n) is 5.60. The zero-order valence-electron chi connectivity index (χ0n) is 14.2. The van der Waals surface area contributed by atoms with E-state index >= 15 is 0 Å². The normalized spacial score (nSPS) is 12.2. The maximum Gasteiger partial charge on any atom is 0.240 e. The number of anilines is 1. The Balaban J connectivity index is 2.09. The van der Waals surface area contributed by atoms with Gasteiger partial charge in [-0.05, 0) is 50.1 Å². The summed E-state index contributed by atoms with van der Waals surface area (Å²) in [5.74, 6) is 0. The van der Waals surface area contributed by atoms with Crippen molar-refractivity contribution < 1.29 is 8.42 Å². The first-order valence-corrected chi connectivity index (χ1v) is 9.38. The standard InChI is InChI=1S/C18H23N3O2S/c1-4-13-19-24(22,23)18-11-7-16(8-12-18)15(3)20-21-17-9-5-14(2)6-10-17/h5-12,19,21H,4,13H2,1-3H3/b20-15-. The summed E-state index contributed by atoms with van der Waals surface area (Å²) in [4.78, 5) is 0.263. The summed E-state index contributed by atoms with van der Waals surface area (Å²) in [6, 6.07) is 14.7. The largest absolute Gasteiger partial charge is 0.278 e. The van der Waals surface area contributed by atoms with E-state index in [1.807, 2.05) is 45.0 Å². The number of aryl methyl sites for hydroxylation is 1. The van der Waals surface area contributed by atoms with Crippen molar-refractivity contribution >= 4 is 21.4 Å². The molecular formula is C18H23N3O2S. The number of nitrogens with zero attached hydrogens (tertiary/aromatic N) is 1. The summed E-state index contributed by atoms with van der Waals surface area (Å²) in [6.07, 6.45) is 0.758. The lowest BCUT2D eigenvalue weighted by Crippen LogP contribution is -2.24. The number of benzene rings is 2. The van der Waals surface area contributed by atoms with Crippen molar-refractivity contribution in [3.8, 4) is 0 Å². The molecule has 5 nitrogen and oxygen atoms in total. The third kappa shape index (κ3) is 4.91. The van der Waals surface area contributed by atoms with Gasteiger partial charge in [-0.3, -0.25) is 5.43 Å². The van der Waals surface area contributed by atoms with Crippen LogP contribution in [-0.4, -0.2) is 20.7 Å². The second kappa shape index (κ2) is 8.08. The smallest absolute Gasteiger partial charge is 0.240 e. The molecule has 0 spiro atoms. The Labute approximate surface area is 143 Å². The minimum absolute atomic E-state index is 0.263. The summed E-state index contributed by atoms with van der Waals surface area (Å²) >= 11 is 0. The molecule has 0 aliphatic rings. The Kier molecular flexibility index (Phi) is 6.11. The maximum absolute atomic E-state index is 12.1. The van der Waals surface area contributed by atoms with E-state index in [9.17, 15) is 8.42 Å². The summed E-state index contributed by atoms with van der Waals surface area (Å²) in [6.45, 7) is 6.26. The topological polar surface area (TPSA) is 70.6 Å². The Hall–Kier alpha value is -2.18. The van der Waals surface area contributed by atoms with Gasteiger partial charge in [0.15, 0.2) is 0 Å². The fourth-order valence-corrected chi connectivity index (χ4v) is 3.17. The van der Waals surface area contributed by atoms with Gasteiger partial charge in [0, 0.05) is 6.54 Å². The van der Waals surface area contributed by atoms with E-state index < -0.39 is 10.0 Å². The number of hydrazone groups is 1. The van der Waals surface area contributed by atoms with E-state index in [0.717, 1.165) is 23.4 Å². The van der Waals surface area contributed by atoms with Crippen LogP contribution in [0.4, 0.5) is 5.69 Å². The predicted octanol–water partition coefficient (Wildman–Crippen LogP) is 3.52. The highest BCUT2D eigenvalue weighted by Crippen LogP contribution is 2.13. The van der Waals surface area contributed by atoms with Gasteiger partial charge in [-0.15, -0.1) is 0 Å². The maximum atomic E-state index is 12.1. The minimum Gasteiger partial charge on any atom is -0.278 e. The molecule has 0 aromatic heterocycles. The zero-order chi connectivity index (χ0) is 17.6. The lowest BCUT2D eigenvalue weighted by molar-refractivity contribution is 0.581. The fraction of sp³-hybridized carbons (Fsp3) is 0.278. The van der Waals surface area contributed by atoms with Crippen LogP contribution in [0.2, 0.25) is 0 Å². The molecule has 2 aromatic rings. The molecule has 0 aliphatic heterocycles. The molecule has 0 aliphatic carbocycles. The van der Waals surface area contributed by atoms with Crippen LogP contribution >= 0.6 is 0 Å². The van der Waals surface area contributed by atoms with E-state index in [2.05, 4.69) is 15.2 Å². The molecule has 0 fully saturated rings. The van der Waals surface area contributed by atoms with Gasteiger partial charge in [0.1, 0.15) is 0 Å². The van der Waals surface area contributed by atoms with Gasteiger partial charge in [0.25, 0.3) is 0 Å². The van der Waals surface area contributed by atoms with Crippen LogP contribution < -0.4 is 10.1 Å². The summed E-state index contributed by atoms with van der Waals surface area (Å²) in [5.41, 5.74) is 6.74. The average Bonchev–Trinajstić information content (AvgIpc) is 2.59. The molecule has 0 amide bonds. The van der Waals surface area contributed by atoms with Crippen LogP contribution in [-0.2, 0) is 10.0 Å². The van der Waals surface area contributed by atoms with Gasteiger partial charge >= 0.3 is 0 Å². The van der Waals surface area contributed by atoms with Crippen molar-refractivity contribution in [1.29, 1.82) is 0 Å². The molecule has 2 rings (SSSR count). The van der Waals surface area contributed by atoms with Gasteiger partial charge < -0.3 is 0 Å². The first-order chi connectivity index (χ1) is 11.4. The predicted molar refractivity (Wildman–Crippen MR) is 98.9 cm³/mol. The van der Waals surface area contributed by atoms with E-state index in [1.54, 1.807) is 24.3 Å². The molecule has 2 N–H and O–H groups in total. The molecule has 0 heterocycles. The second-order valence-corrected chi connectivity index (χ2v) is 7.36. The zero-order valence-corrected chi connectivity index (χ0v) is 15.0. The Morgan fingerprint density at radius 3 is 2.25 bits per heavy atom. The molecule has 2 aromatic carbocycles. The monoisotopic (exact) mass is 345 g/mol. The van der Waals surface area contributed by atoms with Crippen molar-refractivity contribution in [3.05, 3.63) is 59.7 Å². The SMILES string of the molecule is CCCNS(=O)(=O)c1ccc(/C(C)=N\Nc2ccc(C)cc2)cc1. The molecule has 6 heteroatoms. The summed E-state index contributed by atoms with van der Waals surface area (Å²) in [7, 11) is -3.43. The van der Waals surface area contributed by atoms with Crippen LogP contribution in [0.15, 0.2) is 58.5 Å². The molecule has 0 saturated carbocycles. The van der Waals surface area contributed by atoms with Crippen molar-refractivity contribution in [2.45, 2.75) is 32.1 Å². The minimum atomic E-state index is -3.43. The van der Waals surface area contributed by atoms with Crippen molar-refractivity contribution in [2.24, 2.45) is 5.10 Å². The average molecular weight is 345 g/mol. The van der Waals surface area contributed by atoms with Crippen LogP contribution in [0.25, 0.3) is 0 Å². The van der Waals surface area contributed by atoms with Crippen LogP contribution in [0.1, 0.15) is 31.4 Å². The Morgan fingerprint density at radius 1 is 1.04 bits per heavy atom. The van der Waals surface area contributed by atoms with Crippen LogP contribution in [0, 0.1) is 6.92 Å². The summed E-state index contributed by atoms with van der Waals surface area (Å²) < 4.78 is 26.7. The molecule has 0 atom stereocenters. The molecular weight excluding hydrogens is 322 g/mol. The molecule has 0 radical (unpaired) electrons. The van der Waals surface area contributed by atoms with Gasteiger partial charge in [-0.1, -0.05) is 36.8 Å². The first-order valence-electron chi connectivity index (χ1n) is 7.89. The highest BCUT2D eigenvalue weighted by Gasteiger charge is 2.12. The molecule has 128 valence electrons. The molecule has 0 saturated heterocycles. The first kappa shape index (κ1) is 18.2. The van der Waals surface area contributed by atoms with Gasteiger partial charge in [0.2, 0.25) is 10.0 Å². The molecule has 24 heavy (non-hydrogen) atoms. The van der Waals surface area contributed by atoms with Crippen molar-refractivity contribution in [3.63, 3.8) is 0 Å². The van der Waals surface area contributed by atoms with Crippen molar-refractivity contribution in [1.82, 2.24) is 4.72 Å². The van der Waals surface area contributed by atoms with E-state index in [0.29, 0.717) is 6.54 Å². The highest BCUT2D eigenvalue weighted by atomic mass is 32.2. The Bertz CT molecular complexity index is 795. The third-order valence-electron chi connectivity index (χ3n) is 3.53. The fourth-order valence-electron chi connectivity index (χ4n) is 2.04. The number of nitrogens with one attached hydrogen (secondary N) is 2. The highest BCUT2D eigenvalue weighted by molar-refractivity contribution is 7.89. The van der Waals surface area contributed by atoms with E-state index in [4.69, 9.17) is 0 Å². The van der Waals surface area contributed by atoms with Gasteiger partial charge in [0.05, 0.1) is 16.3 Å². The molecule has 0 unspecified atom stereocenters. The lowest BCUT2D eigenvalue weighted by Gasteiger charge is -2.07. The third-order valence-corrected chi connectivity index (χ3v) is 5.01. The quantitative estimate of drug-likeness (QED) is 0.596. The number of rotatable bonds is 7. The van der Waals surface area contributed by atoms with E-state index in [-0.39, 0.29) is 4.90 Å². The van der Waals surface area contributed by atoms with Gasteiger partial charge in [-0.2, -0.15) is 5.10 Å². The van der Waals surface area contributed by atoms with Crippen molar-refractivity contribution in [2.75, 3.05) is 12.0 Å². The lowest BCUT2D eigenvalue weighted by atomic mass is 10.1. The van der Waals surface area contributed by atoms with E-state index in [1.165, 1.54) is 5.56 Å². The molecule has 0 bridgehead atoms. The summed E-state index contributed by atoms with van der Waals surface area (Å²) in [5, 5.41) is 4.34. The van der Waals surface area contributed by atoms with Crippen LogP contribution in [0.5, 0.6) is 0 Å². The number of sulfonamides is 1.